The van der Waals surface area contributed by atoms with Gasteiger partial charge in [-0.2, -0.15) is 5.10 Å². The molecular weight excluding hydrogens is 212 g/mol. The first kappa shape index (κ1) is 10.6. The lowest BCUT2D eigenvalue weighted by Gasteiger charge is -2.05. The van der Waals surface area contributed by atoms with Crippen LogP contribution in [0.2, 0.25) is 0 Å². The average molecular weight is 223 g/mol. The third-order valence-electron chi connectivity index (χ3n) is 2.18. The summed E-state index contributed by atoms with van der Waals surface area (Å²) in [6, 6.07) is 5.84. The van der Waals surface area contributed by atoms with E-state index in [4.69, 9.17) is 0 Å². The van der Waals surface area contributed by atoms with Gasteiger partial charge in [0, 0.05) is 13.2 Å². The largest absolute Gasteiger partial charge is 0.377 e. The second-order valence-corrected chi connectivity index (χ2v) is 3.44. The first-order valence-corrected chi connectivity index (χ1v) is 4.83. The van der Waals surface area contributed by atoms with E-state index in [0.29, 0.717) is 6.54 Å². The van der Waals surface area contributed by atoms with E-state index in [2.05, 4.69) is 10.4 Å². The Hall–Kier alpha value is -1.91. The molecule has 16 heavy (non-hydrogen) atoms. The molecular formula is C11H11F2N3. The number of anilines is 1. The van der Waals surface area contributed by atoms with Crippen LogP contribution in [0.1, 0.15) is 5.69 Å². The Labute approximate surface area is 91.7 Å². The van der Waals surface area contributed by atoms with E-state index in [9.17, 15) is 8.78 Å². The lowest BCUT2D eigenvalue weighted by Crippen LogP contribution is -2.03. The highest BCUT2D eigenvalue weighted by Crippen LogP contribution is 2.16. The van der Waals surface area contributed by atoms with E-state index >= 15 is 0 Å². The minimum atomic E-state index is -0.863. The zero-order chi connectivity index (χ0) is 11.5. The molecule has 2 aromatic rings. The van der Waals surface area contributed by atoms with Crippen LogP contribution in [0.25, 0.3) is 0 Å². The molecule has 0 amide bonds. The molecule has 0 spiro atoms. The van der Waals surface area contributed by atoms with Gasteiger partial charge in [0.2, 0.25) is 0 Å². The number of hydrogen-bond donors (Lipinski definition) is 1. The second kappa shape index (κ2) is 4.30. The highest BCUT2D eigenvalue weighted by Gasteiger charge is 2.07. The molecule has 0 saturated carbocycles. The molecule has 1 N–H and O–H groups in total. The maximum atomic E-state index is 13.2. The van der Waals surface area contributed by atoms with Crippen LogP contribution < -0.4 is 5.32 Å². The van der Waals surface area contributed by atoms with Crippen molar-refractivity contribution >= 4 is 5.69 Å². The number of benzene rings is 1. The lowest BCUT2D eigenvalue weighted by atomic mass is 10.3. The van der Waals surface area contributed by atoms with Crippen LogP contribution >= 0.6 is 0 Å². The predicted molar refractivity (Wildman–Crippen MR) is 56.9 cm³/mol. The maximum Gasteiger partial charge on any atom is 0.181 e. The van der Waals surface area contributed by atoms with Gasteiger partial charge in [0.15, 0.2) is 11.6 Å². The Balaban J connectivity index is 2.07. The fourth-order valence-corrected chi connectivity index (χ4v) is 1.38. The molecule has 84 valence electrons. The minimum absolute atomic E-state index is 0.144. The van der Waals surface area contributed by atoms with Gasteiger partial charge in [0.05, 0.1) is 17.9 Å². The fourth-order valence-electron chi connectivity index (χ4n) is 1.38. The summed E-state index contributed by atoms with van der Waals surface area (Å²) in [5.41, 5.74) is 0.914. The van der Waals surface area contributed by atoms with Gasteiger partial charge in [-0.3, -0.25) is 4.68 Å². The number of aromatic nitrogens is 2. The summed E-state index contributed by atoms with van der Waals surface area (Å²) in [5, 5.41) is 6.91. The van der Waals surface area contributed by atoms with Gasteiger partial charge < -0.3 is 5.32 Å². The number of halogens is 2. The van der Waals surface area contributed by atoms with Crippen LogP contribution in [-0.4, -0.2) is 9.78 Å². The fraction of sp³-hybridized carbons (Fsp3) is 0.182. The Morgan fingerprint density at radius 3 is 2.81 bits per heavy atom. The molecule has 0 unspecified atom stereocenters. The van der Waals surface area contributed by atoms with E-state index in [1.54, 1.807) is 17.9 Å². The molecule has 1 heterocycles. The minimum Gasteiger partial charge on any atom is -0.377 e. The summed E-state index contributed by atoms with van der Waals surface area (Å²) < 4.78 is 27.8. The molecule has 3 nitrogen and oxygen atoms in total. The lowest BCUT2D eigenvalue weighted by molar-refractivity contribution is 0.511. The van der Waals surface area contributed by atoms with Crippen LogP contribution in [0.4, 0.5) is 14.5 Å². The molecule has 1 aromatic carbocycles. The van der Waals surface area contributed by atoms with E-state index < -0.39 is 11.6 Å². The van der Waals surface area contributed by atoms with Crippen molar-refractivity contribution in [3.63, 3.8) is 0 Å². The number of hydrogen-bond acceptors (Lipinski definition) is 2. The summed E-state index contributed by atoms with van der Waals surface area (Å²) in [6.45, 7) is 0.362. The summed E-state index contributed by atoms with van der Waals surface area (Å²) >= 11 is 0. The monoisotopic (exact) mass is 223 g/mol. The van der Waals surface area contributed by atoms with Crippen LogP contribution in [0.3, 0.4) is 0 Å². The van der Waals surface area contributed by atoms with Gasteiger partial charge in [-0.1, -0.05) is 6.07 Å². The van der Waals surface area contributed by atoms with E-state index in [0.717, 1.165) is 11.8 Å². The highest BCUT2D eigenvalue weighted by atomic mass is 19.2. The SMILES string of the molecule is Cn1ccc(CNc2cccc(F)c2F)n1. The highest BCUT2D eigenvalue weighted by molar-refractivity contribution is 5.45. The normalized spacial score (nSPS) is 10.4. The van der Waals surface area contributed by atoms with Gasteiger partial charge in [0.1, 0.15) is 0 Å². The third kappa shape index (κ3) is 2.18. The van der Waals surface area contributed by atoms with E-state index in [1.807, 2.05) is 6.07 Å². The topological polar surface area (TPSA) is 29.9 Å². The molecule has 0 atom stereocenters. The molecule has 5 heteroatoms. The third-order valence-corrected chi connectivity index (χ3v) is 2.18. The van der Waals surface area contributed by atoms with Crippen LogP contribution in [0.5, 0.6) is 0 Å². The van der Waals surface area contributed by atoms with Crippen LogP contribution in [-0.2, 0) is 13.6 Å². The summed E-state index contributed by atoms with van der Waals surface area (Å²) in [6.07, 6.45) is 1.79. The van der Waals surface area contributed by atoms with Crippen molar-refractivity contribution in [2.24, 2.45) is 7.05 Å². The quantitative estimate of drug-likeness (QED) is 0.865. The smallest absolute Gasteiger partial charge is 0.181 e. The molecule has 0 saturated heterocycles. The molecule has 0 aliphatic heterocycles. The van der Waals surface area contributed by atoms with Gasteiger partial charge in [0.25, 0.3) is 0 Å². The Bertz CT molecular complexity index is 494. The molecule has 1 aromatic heterocycles. The zero-order valence-corrected chi connectivity index (χ0v) is 8.74. The Morgan fingerprint density at radius 2 is 2.12 bits per heavy atom. The van der Waals surface area contributed by atoms with Crippen molar-refractivity contribution < 1.29 is 8.78 Å². The van der Waals surface area contributed by atoms with E-state index in [1.165, 1.54) is 12.1 Å². The first-order chi connectivity index (χ1) is 7.66. The standard InChI is InChI=1S/C11H11F2N3/c1-16-6-5-8(15-16)7-14-10-4-2-3-9(12)11(10)13/h2-6,14H,7H2,1H3. The second-order valence-electron chi connectivity index (χ2n) is 3.44. The summed E-state index contributed by atoms with van der Waals surface area (Å²) in [5.74, 6) is -1.72. The van der Waals surface area contributed by atoms with Crippen LogP contribution in [0, 0.1) is 11.6 Å². The van der Waals surface area contributed by atoms with Crippen molar-refractivity contribution in [2.45, 2.75) is 6.54 Å². The predicted octanol–water partition coefficient (Wildman–Crippen LogP) is 2.31. The molecule has 0 bridgehead atoms. The molecule has 0 fully saturated rings. The zero-order valence-electron chi connectivity index (χ0n) is 8.74. The molecule has 2 rings (SSSR count). The number of nitrogens with zero attached hydrogens (tertiary/aromatic N) is 2. The summed E-state index contributed by atoms with van der Waals surface area (Å²) in [7, 11) is 1.80. The van der Waals surface area contributed by atoms with Crippen LogP contribution in [0.15, 0.2) is 30.5 Å². The number of rotatable bonds is 3. The van der Waals surface area contributed by atoms with Crippen molar-refractivity contribution in [1.29, 1.82) is 0 Å². The van der Waals surface area contributed by atoms with Crippen molar-refractivity contribution in [1.82, 2.24) is 9.78 Å². The Kier molecular flexibility index (Phi) is 2.85. The molecule has 0 aliphatic carbocycles. The first-order valence-electron chi connectivity index (χ1n) is 4.83. The van der Waals surface area contributed by atoms with Gasteiger partial charge in [-0.25, -0.2) is 8.78 Å². The Morgan fingerprint density at radius 1 is 1.31 bits per heavy atom. The average Bonchev–Trinajstić information content (AvgIpc) is 2.67. The summed E-state index contributed by atoms with van der Waals surface area (Å²) in [4.78, 5) is 0. The van der Waals surface area contributed by atoms with Gasteiger partial charge in [-0.15, -0.1) is 0 Å². The van der Waals surface area contributed by atoms with Crippen molar-refractivity contribution in [2.75, 3.05) is 5.32 Å². The van der Waals surface area contributed by atoms with Gasteiger partial charge in [-0.05, 0) is 18.2 Å². The van der Waals surface area contributed by atoms with Crippen molar-refractivity contribution in [3.8, 4) is 0 Å². The molecule has 0 aliphatic rings. The van der Waals surface area contributed by atoms with E-state index in [-0.39, 0.29) is 5.69 Å². The number of nitrogens with one attached hydrogen (secondary N) is 1. The number of aryl methyl sites for hydroxylation is 1. The molecule has 0 radical (unpaired) electrons. The van der Waals surface area contributed by atoms with Crippen molar-refractivity contribution in [3.05, 3.63) is 47.8 Å². The van der Waals surface area contributed by atoms with Gasteiger partial charge >= 0.3 is 0 Å². The maximum absolute atomic E-state index is 13.2.